The molecule has 7 nitrogen and oxygen atoms in total. The third kappa shape index (κ3) is 7.62. The van der Waals surface area contributed by atoms with Crippen LogP contribution < -0.4 is 9.62 Å². The van der Waals surface area contributed by atoms with Crippen molar-refractivity contribution >= 4 is 50.7 Å². The number of sulfonamides is 1. The number of aryl methyl sites for hydroxylation is 1. The van der Waals surface area contributed by atoms with Crippen LogP contribution in [0, 0.1) is 6.92 Å². The number of likely N-dealkylation sites (N-methyl/N-ethyl adjacent to an activating group) is 1. The Bertz CT molecular complexity index is 1090. The van der Waals surface area contributed by atoms with Crippen molar-refractivity contribution in [2.24, 2.45) is 0 Å². The van der Waals surface area contributed by atoms with E-state index in [-0.39, 0.29) is 37.7 Å². The van der Waals surface area contributed by atoms with Crippen LogP contribution in [0.25, 0.3) is 0 Å². The lowest BCUT2D eigenvalue weighted by Crippen LogP contribution is -2.46. The van der Waals surface area contributed by atoms with E-state index in [1.165, 1.54) is 16.3 Å². The van der Waals surface area contributed by atoms with Gasteiger partial charge in [-0.15, -0.1) is 0 Å². The Balaban J connectivity index is 2.16. The molecule has 2 aromatic rings. The van der Waals surface area contributed by atoms with Gasteiger partial charge in [-0.2, -0.15) is 0 Å². The van der Waals surface area contributed by atoms with Crippen LogP contribution in [-0.4, -0.2) is 51.0 Å². The van der Waals surface area contributed by atoms with Crippen LogP contribution in [0.4, 0.5) is 5.69 Å². The van der Waals surface area contributed by atoms with Crippen LogP contribution in [0.2, 0.25) is 10.0 Å². The van der Waals surface area contributed by atoms with Crippen molar-refractivity contribution in [1.82, 2.24) is 10.2 Å². The van der Waals surface area contributed by atoms with Gasteiger partial charge in [-0.05, 0) is 50.1 Å². The van der Waals surface area contributed by atoms with Gasteiger partial charge in [0.15, 0.2) is 0 Å². The number of hydrogen-bond acceptors (Lipinski definition) is 4. The Morgan fingerprint density at radius 3 is 2.27 bits per heavy atom. The van der Waals surface area contributed by atoms with Gasteiger partial charge in [-0.3, -0.25) is 13.9 Å². The molecule has 2 amide bonds. The second-order valence-electron chi connectivity index (χ2n) is 7.82. The van der Waals surface area contributed by atoms with Crippen molar-refractivity contribution in [3.63, 3.8) is 0 Å². The van der Waals surface area contributed by atoms with Gasteiger partial charge >= 0.3 is 0 Å². The van der Waals surface area contributed by atoms with E-state index in [0.717, 1.165) is 11.8 Å². The Morgan fingerprint density at radius 2 is 1.73 bits per heavy atom. The van der Waals surface area contributed by atoms with Crippen molar-refractivity contribution in [2.75, 3.05) is 24.2 Å². The topological polar surface area (TPSA) is 86.8 Å². The maximum absolute atomic E-state index is 13.1. The van der Waals surface area contributed by atoms with E-state index >= 15 is 0 Å². The van der Waals surface area contributed by atoms with Crippen LogP contribution in [0.3, 0.4) is 0 Å². The molecule has 0 aromatic heterocycles. The van der Waals surface area contributed by atoms with Crippen LogP contribution >= 0.6 is 23.2 Å². The second-order valence-corrected chi connectivity index (χ2v) is 10.6. The average Bonchev–Trinajstić information content (AvgIpc) is 2.75. The highest BCUT2D eigenvalue weighted by Gasteiger charge is 2.26. The molecular formula is C23H29Cl2N3O4S. The number of halogens is 2. The molecule has 2 aromatic carbocycles. The molecule has 0 fully saturated rings. The number of benzene rings is 2. The fourth-order valence-corrected chi connectivity index (χ4v) is 4.77. The van der Waals surface area contributed by atoms with Gasteiger partial charge in [-0.1, -0.05) is 47.0 Å². The van der Waals surface area contributed by atoms with Crippen molar-refractivity contribution in [3.05, 3.63) is 63.6 Å². The van der Waals surface area contributed by atoms with Gasteiger partial charge in [0.25, 0.3) is 0 Å². The van der Waals surface area contributed by atoms with Crippen molar-refractivity contribution in [2.45, 2.75) is 39.3 Å². The third-order valence-electron chi connectivity index (χ3n) is 5.24. The van der Waals surface area contributed by atoms with Crippen LogP contribution in [0.1, 0.15) is 30.9 Å². The largest absolute Gasteiger partial charge is 0.357 e. The molecule has 180 valence electrons. The summed E-state index contributed by atoms with van der Waals surface area (Å²) >= 11 is 12.2. The van der Waals surface area contributed by atoms with Crippen LogP contribution in [0.15, 0.2) is 42.5 Å². The van der Waals surface area contributed by atoms with E-state index < -0.39 is 16.1 Å². The first kappa shape index (κ1) is 27.0. The molecule has 0 bridgehead atoms. The van der Waals surface area contributed by atoms with Gasteiger partial charge in [-0.25, -0.2) is 8.42 Å². The third-order valence-corrected chi connectivity index (χ3v) is 7.02. The smallest absolute Gasteiger partial charge is 0.242 e. The minimum atomic E-state index is -3.53. The zero-order valence-electron chi connectivity index (χ0n) is 19.1. The van der Waals surface area contributed by atoms with E-state index in [2.05, 4.69) is 5.32 Å². The number of amides is 2. The Labute approximate surface area is 205 Å². The molecule has 0 radical (unpaired) electrons. The normalized spacial score (nSPS) is 12.2. The first-order chi connectivity index (χ1) is 15.4. The summed E-state index contributed by atoms with van der Waals surface area (Å²) < 4.78 is 25.9. The van der Waals surface area contributed by atoms with E-state index in [9.17, 15) is 18.0 Å². The predicted molar refractivity (Wildman–Crippen MR) is 133 cm³/mol. The molecule has 2 rings (SSSR count). The maximum Gasteiger partial charge on any atom is 0.242 e. The molecular weight excluding hydrogens is 485 g/mol. The first-order valence-electron chi connectivity index (χ1n) is 10.4. The van der Waals surface area contributed by atoms with Crippen LogP contribution in [-0.2, 0) is 26.2 Å². The number of carbonyl (C=O) groups excluding carboxylic acids is 2. The lowest BCUT2D eigenvalue weighted by atomic mass is 10.1. The highest BCUT2D eigenvalue weighted by Crippen LogP contribution is 2.24. The van der Waals surface area contributed by atoms with E-state index in [4.69, 9.17) is 23.2 Å². The molecule has 0 aliphatic carbocycles. The quantitative estimate of drug-likeness (QED) is 0.519. The molecule has 0 aliphatic rings. The predicted octanol–water partition coefficient (Wildman–Crippen LogP) is 4.01. The summed E-state index contributed by atoms with van der Waals surface area (Å²) in [7, 11) is -2.02. The summed E-state index contributed by atoms with van der Waals surface area (Å²) in [5.41, 5.74) is 2.21. The van der Waals surface area contributed by atoms with E-state index in [1.54, 1.807) is 37.3 Å². The zero-order chi connectivity index (χ0) is 24.8. The number of nitrogens with zero attached hydrogens (tertiary/aromatic N) is 2. The van der Waals surface area contributed by atoms with E-state index in [1.807, 2.05) is 19.1 Å². The number of hydrogen-bond donors (Lipinski definition) is 1. The highest BCUT2D eigenvalue weighted by molar-refractivity contribution is 7.92. The summed E-state index contributed by atoms with van der Waals surface area (Å²) in [4.78, 5) is 26.8. The molecule has 0 saturated carbocycles. The lowest BCUT2D eigenvalue weighted by molar-refractivity contribution is -0.140. The summed E-state index contributed by atoms with van der Waals surface area (Å²) in [5.74, 6) is -0.597. The first-order valence-corrected chi connectivity index (χ1v) is 13.0. The molecule has 1 atom stereocenters. The molecule has 0 unspecified atom stereocenters. The Hall–Kier alpha value is -2.29. The Morgan fingerprint density at radius 1 is 1.09 bits per heavy atom. The van der Waals surface area contributed by atoms with Gasteiger partial charge < -0.3 is 10.2 Å². The highest BCUT2D eigenvalue weighted by atomic mass is 35.5. The number of rotatable bonds is 10. The summed E-state index contributed by atoms with van der Waals surface area (Å²) in [5, 5.41) is 3.42. The summed E-state index contributed by atoms with van der Waals surface area (Å²) in [6.45, 7) is 3.81. The molecule has 0 heterocycles. The molecule has 33 heavy (non-hydrogen) atoms. The summed E-state index contributed by atoms with van der Waals surface area (Å²) in [6, 6.07) is 11.4. The van der Waals surface area contributed by atoms with Gasteiger partial charge in [0.05, 0.1) is 11.9 Å². The average molecular weight is 514 g/mol. The number of anilines is 1. The Kier molecular flexibility index (Phi) is 9.57. The van der Waals surface area contributed by atoms with E-state index in [0.29, 0.717) is 21.3 Å². The number of nitrogens with one attached hydrogen (secondary N) is 1. The monoisotopic (exact) mass is 513 g/mol. The minimum absolute atomic E-state index is 0.0599. The SMILES string of the molecule is CNC(=O)[C@H](C)N(Cc1ccc(Cl)cc1Cl)C(=O)CCCN(c1ccc(C)cc1)S(C)(=O)=O. The number of carbonyl (C=O) groups is 2. The fourth-order valence-electron chi connectivity index (χ4n) is 3.34. The van der Waals surface area contributed by atoms with Crippen molar-refractivity contribution in [1.29, 1.82) is 0 Å². The second kappa shape index (κ2) is 11.7. The fraction of sp³-hybridized carbons (Fsp3) is 0.391. The van der Waals surface area contributed by atoms with Gasteiger partial charge in [0.2, 0.25) is 21.8 Å². The minimum Gasteiger partial charge on any atom is -0.357 e. The van der Waals surface area contributed by atoms with Crippen molar-refractivity contribution < 1.29 is 18.0 Å². The molecule has 1 N–H and O–H groups in total. The van der Waals surface area contributed by atoms with Crippen LogP contribution in [0.5, 0.6) is 0 Å². The van der Waals surface area contributed by atoms with Gasteiger partial charge in [0.1, 0.15) is 6.04 Å². The zero-order valence-corrected chi connectivity index (χ0v) is 21.5. The standard InChI is InChI=1S/C23H29Cl2N3O4S/c1-16-7-11-20(12-8-16)28(33(4,31)32)13-5-6-22(29)27(17(2)23(30)26-3)15-18-9-10-19(24)14-21(18)25/h7-12,14,17H,5-6,13,15H2,1-4H3,(H,26,30)/t17-/m0/s1. The van der Waals surface area contributed by atoms with Gasteiger partial charge in [0, 0.05) is 36.6 Å². The summed E-state index contributed by atoms with van der Waals surface area (Å²) in [6.07, 6.45) is 1.48. The maximum atomic E-state index is 13.1. The molecule has 0 spiro atoms. The molecule has 0 saturated heterocycles. The molecule has 0 aliphatic heterocycles. The lowest BCUT2D eigenvalue weighted by Gasteiger charge is -2.29. The van der Waals surface area contributed by atoms with Crippen molar-refractivity contribution in [3.8, 4) is 0 Å². The molecule has 10 heteroatoms.